The lowest BCUT2D eigenvalue weighted by Crippen LogP contribution is -2.22. The molecule has 0 aliphatic carbocycles. The average molecular weight is 138 g/mol. The van der Waals surface area contributed by atoms with E-state index >= 15 is 0 Å². The lowest BCUT2D eigenvalue weighted by molar-refractivity contribution is 0.484. The number of nitrogens with one attached hydrogen (secondary N) is 1. The number of allylic oxidation sites excluding steroid dienone is 2. The molecule has 1 N–H and O–H groups in total. The highest BCUT2D eigenvalue weighted by molar-refractivity contribution is 5.19. The lowest BCUT2D eigenvalue weighted by Gasteiger charge is -2.19. The Morgan fingerprint density at radius 1 is 1.70 bits per heavy atom. The fraction of sp³-hybridized carbons (Fsp3) is 0.500. The number of likely N-dealkylation sites (N-methyl/N-ethyl adjacent to an activating group) is 2. The van der Waals surface area contributed by atoms with Crippen LogP contribution in [-0.2, 0) is 0 Å². The Kier molecular flexibility index (Phi) is 2.51. The number of nitrogens with zero attached hydrogens (tertiary/aromatic N) is 1. The van der Waals surface area contributed by atoms with Crippen molar-refractivity contribution in [3.8, 4) is 0 Å². The van der Waals surface area contributed by atoms with Crippen molar-refractivity contribution in [1.82, 2.24) is 10.2 Å². The molecule has 2 nitrogen and oxygen atoms in total. The highest BCUT2D eigenvalue weighted by Gasteiger charge is 2.00. The zero-order chi connectivity index (χ0) is 7.40. The van der Waals surface area contributed by atoms with Gasteiger partial charge in [-0.2, -0.15) is 0 Å². The maximum absolute atomic E-state index is 3.13. The van der Waals surface area contributed by atoms with Crippen LogP contribution in [0, 0.1) is 0 Å². The van der Waals surface area contributed by atoms with E-state index in [1.165, 1.54) is 5.57 Å². The second kappa shape index (κ2) is 3.42. The van der Waals surface area contributed by atoms with Crippen LogP contribution in [0.1, 0.15) is 0 Å². The van der Waals surface area contributed by atoms with Gasteiger partial charge >= 0.3 is 0 Å². The van der Waals surface area contributed by atoms with Gasteiger partial charge in [-0.25, -0.2) is 0 Å². The van der Waals surface area contributed by atoms with Gasteiger partial charge in [-0.1, -0.05) is 6.08 Å². The molecule has 0 spiro atoms. The Labute approximate surface area is 62.2 Å². The molecule has 0 fully saturated rings. The fourth-order valence-corrected chi connectivity index (χ4v) is 1.09. The Bertz CT molecular complexity index is 159. The maximum Gasteiger partial charge on any atom is 0.0395 e. The summed E-state index contributed by atoms with van der Waals surface area (Å²) in [6.07, 6.45) is 6.33. The quantitative estimate of drug-likeness (QED) is 0.601. The summed E-state index contributed by atoms with van der Waals surface area (Å²) in [4.78, 5) is 2.17. The summed E-state index contributed by atoms with van der Waals surface area (Å²) in [5, 5.41) is 3.13. The first-order valence-corrected chi connectivity index (χ1v) is 3.54. The van der Waals surface area contributed by atoms with Crippen LogP contribution >= 0.6 is 0 Å². The van der Waals surface area contributed by atoms with Gasteiger partial charge in [-0.05, 0) is 24.9 Å². The van der Waals surface area contributed by atoms with Crippen molar-refractivity contribution >= 4 is 0 Å². The van der Waals surface area contributed by atoms with Gasteiger partial charge in [0.05, 0.1) is 0 Å². The summed E-state index contributed by atoms with van der Waals surface area (Å²) in [7, 11) is 4.05. The Balaban J connectivity index is 2.45. The third-order valence-corrected chi connectivity index (χ3v) is 1.53. The van der Waals surface area contributed by atoms with Gasteiger partial charge in [0, 0.05) is 20.1 Å². The van der Waals surface area contributed by atoms with Crippen molar-refractivity contribution < 1.29 is 0 Å². The van der Waals surface area contributed by atoms with Crippen molar-refractivity contribution in [1.29, 1.82) is 0 Å². The molecular formula is C8H14N2. The van der Waals surface area contributed by atoms with Crippen LogP contribution in [0.2, 0.25) is 0 Å². The number of hydrogen-bond donors (Lipinski definition) is 1. The molecule has 10 heavy (non-hydrogen) atoms. The van der Waals surface area contributed by atoms with E-state index in [4.69, 9.17) is 0 Å². The fourth-order valence-electron chi connectivity index (χ4n) is 1.09. The van der Waals surface area contributed by atoms with Crippen LogP contribution in [0.5, 0.6) is 0 Å². The Morgan fingerprint density at radius 3 is 3.10 bits per heavy atom. The molecular weight excluding hydrogens is 124 g/mol. The van der Waals surface area contributed by atoms with Gasteiger partial charge in [0.2, 0.25) is 0 Å². The van der Waals surface area contributed by atoms with Gasteiger partial charge in [-0.15, -0.1) is 0 Å². The molecule has 0 radical (unpaired) electrons. The topological polar surface area (TPSA) is 15.3 Å². The minimum Gasteiger partial charge on any atom is -0.376 e. The molecule has 0 bridgehead atoms. The molecule has 0 atom stereocenters. The van der Waals surface area contributed by atoms with E-state index in [2.05, 4.69) is 35.6 Å². The predicted molar refractivity (Wildman–Crippen MR) is 43.8 cm³/mol. The first kappa shape index (κ1) is 7.35. The molecule has 0 amide bonds. The molecule has 0 unspecified atom stereocenters. The Hall–Kier alpha value is -0.760. The summed E-state index contributed by atoms with van der Waals surface area (Å²) in [5.74, 6) is 0. The van der Waals surface area contributed by atoms with Crippen LogP contribution in [0.25, 0.3) is 0 Å². The molecule has 0 saturated heterocycles. The molecule has 56 valence electrons. The van der Waals surface area contributed by atoms with Gasteiger partial charge < -0.3 is 10.2 Å². The summed E-state index contributed by atoms with van der Waals surface area (Å²) >= 11 is 0. The van der Waals surface area contributed by atoms with Crippen molar-refractivity contribution in [2.24, 2.45) is 0 Å². The maximum atomic E-state index is 3.13. The van der Waals surface area contributed by atoms with Gasteiger partial charge in [0.15, 0.2) is 0 Å². The minimum atomic E-state index is 0.995. The summed E-state index contributed by atoms with van der Waals surface area (Å²) in [6, 6.07) is 0. The normalized spacial score (nSPS) is 17.4. The van der Waals surface area contributed by atoms with E-state index in [9.17, 15) is 0 Å². The van der Waals surface area contributed by atoms with E-state index in [1.807, 2.05) is 7.05 Å². The summed E-state index contributed by atoms with van der Waals surface area (Å²) in [5.41, 5.74) is 1.44. The smallest absolute Gasteiger partial charge is 0.0395 e. The van der Waals surface area contributed by atoms with Crippen molar-refractivity contribution in [3.05, 3.63) is 23.9 Å². The SMILES string of the molecule is CNCC1=CC=CN(C)C1. The van der Waals surface area contributed by atoms with Crippen molar-refractivity contribution in [2.45, 2.75) is 0 Å². The molecule has 0 aromatic carbocycles. The second-order valence-electron chi connectivity index (χ2n) is 2.61. The standard InChI is InChI=1S/C8H14N2/c1-9-6-8-4-3-5-10(2)7-8/h3-5,9H,6-7H2,1-2H3. The second-order valence-corrected chi connectivity index (χ2v) is 2.61. The van der Waals surface area contributed by atoms with Crippen LogP contribution in [0.3, 0.4) is 0 Å². The number of rotatable bonds is 2. The Morgan fingerprint density at radius 2 is 2.50 bits per heavy atom. The first-order valence-electron chi connectivity index (χ1n) is 3.54. The van der Waals surface area contributed by atoms with Crippen molar-refractivity contribution in [3.63, 3.8) is 0 Å². The van der Waals surface area contributed by atoms with Crippen LogP contribution in [-0.4, -0.2) is 32.1 Å². The molecule has 2 heteroatoms. The molecule has 1 aliphatic heterocycles. The van der Waals surface area contributed by atoms with Crippen LogP contribution in [0.15, 0.2) is 23.9 Å². The molecule has 0 aromatic rings. The zero-order valence-electron chi connectivity index (χ0n) is 6.59. The van der Waals surface area contributed by atoms with E-state index in [0.717, 1.165) is 13.1 Å². The van der Waals surface area contributed by atoms with Crippen LogP contribution < -0.4 is 5.32 Å². The van der Waals surface area contributed by atoms with E-state index < -0.39 is 0 Å². The monoisotopic (exact) mass is 138 g/mol. The van der Waals surface area contributed by atoms with Gasteiger partial charge in [-0.3, -0.25) is 0 Å². The molecule has 1 heterocycles. The predicted octanol–water partition coefficient (Wildman–Crippen LogP) is 0.591. The average Bonchev–Trinajstić information content (AvgIpc) is 1.88. The minimum absolute atomic E-state index is 0.995. The van der Waals surface area contributed by atoms with Gasteiger partial charge in [0.1, 0.15) is 0 Å². The summed E-state index contributed by atoms with van der Waals surface area (Å²) < 4.78 is 0. The largest absolute Gasteiger partial charge is 0.376 e. The lowest BCUT2D eigenvalue weighted by atomic mass is 10.2. The molecule has 1 aliphatic rings. The molecule has 1 rings (SSSR count). The van der Waals surface area contributed by atoms with Crippen LogP contribution in [0.4, 0.5) is 0 Å². The zero-order valence-corrected chi connectivity index (χ0v) is 6.59. The third kappa shape index (κ3) is 1.88. The highest BCUT2D eigenvalue weighted by atomic mass is 15.1. The number of hydrogen-bond acceptors (Lipinski definition) is 2. The molecule has 0 saturated carbocycles. The first-order chi connectivity index (χ1) is 4.83. The summed E-state index contributed by atoms with van der Waals surface area (Å²) in [6.45, 7) is 2.05. The highest BCUT2D eigenvalue weighted by Crippen LogP contribution is 2.02. The van der Waals surface area contributed by atoms with Crippen molar-refractivity contribution in [2.75, 3.05) is 27.2 Å². The third-order valence-electron chi connectivity index (χ3n) is 1.53. The van der Waals surface area contributed by atoms with E-state index in [-0.39, 0.29) is 0 Å². The van der Waals surface area contributed by atoms with Gasteiger partial charge in [0.25, 0.3) is 0 Å². The molecule has 0 aromatic heterocycles. The van der Waals surface area contributed by atoms with E-state index in [1.54, 1.807) is 0 Å². The van der Waals surface area contributed by atoms with E-state index in [0.29, 0.717) is 0 Å².